The first-order valence-corrected chi connectivity index (χ1v) is 7.91. The molecule has 1 aromatic carbocycles. The van der Waals surface area contributed by atoms with Crippen LogP contribution in [0.1, 0.15) is 33.1 Å². The summed E-state index contributed by atoms with van der Waals surface area (Å²) in [5, 5.41) is 0. The summed E-state index contributed by atoms with van der Waals surface area (Å²) in [7, 11) is 0. The second kappa shape index (κ2) is 10.1. The van der Waals surface area contributed by atoms with Crippen LogP contribution in [-0.4, -0.2) is 11.6 Å². The van der Waals surface area contributed by atoms with E-state index in [0.717, 1.165) is 34.4 Å². The molecule has 0 aliphatic carbocycles. The topological polar surface area (TPSA) is 35.3 Å². The molecule has 24 heavy (non-hydrogen) atoms. The molecule has 126 valence electrons. The zero-order valence-corrected chi connectivity index (χ0v) is 14.9. The van der Waals surface area contributed by atoms with Gasteiger partial charge < -0.3 is 9.15 Å². The summed E-state index contributed by atoms with van der Waals surface area (Å²) in [5.41, 5.74) is 3.57. The lowest BCUT2D eigenvalue weighted by molar-refractivity contribution is 0.352. The molecule has 2 aromatic rings. The lowest BCUT2D eigenvalue weighted by Crippen LogP contribution is -1.98. The Morgan fingerprint density at radius 1 is 1.38 bits per heavy atom. The number of aryl methyl sites for hydroxylation is 1. The largest absolute Gasteiger partial charge is 0.489 e. The maximum atomic E-state index is 5.72. The summed E-state index contributed by atoms with van der Waals surface area (Å²) in [4.78, 5) is 4.28. The number of oxazole rings is 1. The third-order valence-corrected chi connectivity index (χ3v) is 3.07. The second-order valence-corrected chi connectivity index (χ2v) is 5.36. The molecule has 0 aliphatic rings. The molecule has 0 fully saturated rings. The monoisotopic (exact) mass is 323 g/mol. The average molecular weight is 323 g/mol. The Hall–Kier alpha value is -2.73. The molecule has 0 saturated heterocycles. The van der Waals surface area contributed by atoms with E-state index in [1.165, 1.54) is 0 Å². The molecule has 0 atom stereocenters. The molecule has 0 aliphatic heterocycles. The van der Waals surface area contributed by atoms with Crippen LogP contribution in [0.5, 0.6) is 5.75 Å². The van der Waals surface area contributed by atoms with Crippen molar-refractivity contribution in [2.45, 2.75) is 34.1 Å². The zero-order valence-electron chi connectivity index (χ0n) is 14.9. The molecule has 0 amide bonds. The minimum Gasteiger partial charge on any atom is -0.489 e. The predicted octanol–water partition coefficient (Wildman–Crippen LogP) is 5.62. The van der Waals surface area contributed by atoms with Crippen molar-refractivity contribution in [2.24, 2.45) is 0 Å². The third kappa shape index (κ3) is 6.58. The normalized spacial score (nSPS) is 11.5. The Balaban J connectivity index is 0.000000648. The number of fused-ring (bicyclic) bond motifs is 1. The number of hydrogen-bond acceptors (Lipinski definition) is 3. The molecule has 3 nitrogen and oxygen atoms in total. The van der Waals surface area contributed by atoms with Crippen LogP contribution in [0.4, 0.5) is 0 Å². The lowest BCUT2D eigenvalue weighted by Gasteiger charge is -2.05. The SMILES string of the molecule is C#C/C(C)=C\C=C(/C)COc1ccc2oc(C)nc2c1.C=CCC. The van der Waals surface area contributed by atoms with Gasteiger partial charge in [-0.1, -0.05) is 31.1 Å². The highest BCUT2D eigenvalue weighted by molar-refractivity contribution is 5.74. The number of benzene rings is 1. The highest BCUT2D eigenvalue weighted by Crippen LogP contribution is 2.21. The maximum absolute atomic E-state index is 5.72. The lowest BCUT2D eigenvalue weighted by atomic mass is 10.2. The van der Waals surface area contributed by atoms with E-state index in [2.05, 4.69) is 24.4 Å². The standard InChI is InChI=1S/C17H17NO2.C4H8/c1-5-12(2)6-7-13(3)11-19-15-8-9-17-16(10-15)18-14(4)20-17;1-3-4-2/h1,6-10H,11H2,2-4H3;3H,1,4H2,2H3/b12-6-,13-7+;. The van der Waals surface area contributed by atoms with E-state index in [-0.39, 0.29) is 0 Å². The van der Waals surface area contributed by atoms with E-state index in [4.69, 9.17) is 15.6 Å². The van der Waals surface area contributed by atoms with Gasteiger partial charge in [-0.3, -0.25) is 0 Å². The molecule has 0 spiro atoms. The van der Waals surface area contributed by atoms with Crippen LogP contribution in [0.2, 0.25) is 0 Å². The first-order chi connectivity index (χ1) is 11.5. The van der Waals surface area contributed by atoms with Gasteiger partial charge in [-0.15, -0.1) is 13.0 Å². The molecule has 0 N–H and O–H groups in total. The van der Waals surface area contributed by atoms with Crippen molar-refractivity contribution >= 4 is 11.1 Å². The third-order valence-electron chi connectivity index (χ3n) is 3.07. The van der Waals surface area contributed by atoms with E-state index < -0.39 is 0 Å². The van der Waals surface area contributed by atoms with Crippen LogP contribution < -0.4 is 4.74 Å². The number of hydrogen-bond donors (Lipinski definition) is 0. The van der Waals surface area contributed by atoms with E-state index >= 15 is 0 Å². The summed E-state index contributed by atoms with van der Waals surface area (Å²) < 4.78 is 11.1. The first kappa shape index (κ1) is 19.3. The van der Waals surface area contributed by atoms with Gasteiger partial charge in [0.25, 0.3) is 0 Å². The molecular formula is C21H25NO2. The van der Waals surface area contributed by atoms with Crippen LogP contribution in [0.3, 0.4) is 0 Å². The minimum absolute atomic E-state index is 0.511. The number of aromatic nitrogens is 1. The smallest absolute Gasteiger partial charge is 0.192 e. The van der Waals surface area contributed by atoms with Crippen molar-refractivity contribution in [3.8, 4) is 18.1 Å². The Kier molecular flexibility index (Phi) is 8.15. The Labute approximate surface area is 144 Å². The Morgan fingerprint density at radius 2 is 2.08 bits per heavy atom. The van der Waals surface area contributed by atoms with Gasteiger partial charge in [0.15, 0.2) is 11.5 Å². The number of ether oxygens (including phenoxy) is 1. The zero-order chi connectivity index (χ0) is 17.9. The number of nitrogens with zero attached hydrogens (tertiary/aromatic N) is 1. The quantitative estimate of drug-likeness (QED) is 0.407. The Morgan fingerprint density at radius 3 is 2.71 bits per heavy atom. The van der Waals surface area contributed by atoms with Crippen molar-refractivity contribution < 1.29 is 9.15 Å². The van der Waals surface area contributed by atoms with Crippen LogP contribution >= 0.6 is 0 Å². The van der Waals surface area contributed by atoms with Gasteiger partial charge in [-0.25, -0.2) is 4.98 Å². The van der Waals surface area contributed by atoms with Gasteiger partial charge in [0.1, 0.15) is 17.9 Å². The van der Waals surface area contributed by atoms with Crippen molar-refractivity contribution in [1.82, 2.24) is 4.98 Å². The molecule has 2 rings (SSSR count). The minimum atomic E-state index is 0.511. The van der Waals surface area contributed by atoms with Gasteiger partial charge >= 0.3 is 0 Å². The summed E-state index contributed by atoms with van der Waals surface area (Å²) in [5.74, 6) is 4.00. The number of terminal acetylenes is 1. The van der Waals surface area contributed by atoms with Crippen molar-refractivity contribution in [3.63, 3.8) is 0 Å². The number of rotatable bonds is 5. The summed E-state index contributed by atoms with van der Waals surface area (Å²) >= 11 is 0. The fraction of sp³-hybridized carbons (Fsp3) is 0.286. The van der Waals surface area contributed by atoms with Gasteiger partial charge in [0.05, 0.1) is 0 Å². The average Bonchev–Trinajstić information content (AvgIpc) is 2.97. The van der Waals surface area contributed by atoms with Gasteiger partial charge in [-0.2, -0.15) is 0 Å². The predicted molar refractivity (Wildman–Crippen MR) is 101 cm³/mol. The fourth-order valence-corrected chi connectivity index (χ4v) is 1.67. The molecular weight excluding hydrogens is 298 g/mol. The van der Waals surface area contributed by atoms with Crippen LogP contribution in [-0.2, 0) is 0 Å². The maximum Gasteiger partial charge on any atom is 0.192 e. The molecule has 0 bridgehead atoms. The molecule has 0 unspecified atom stereocenters. The van der Waals surface area contributed by atoms with Crippen LogP contribution in [0, 0.1) is 19.3 Å². The summed E-state index contributed by atoms with van der Waals surface area (Å²) in [6, 6.07) is 5.62. The van der Waals surface area contributed by atoms with E-state index in [1.807, 2.05) is 57.2 Å². The molecule has 1 aromatic heterocycles. The second-order valence-electron chi connectivity index (χ2n) is 5.36. The molecule has 1 heterocycles. The van der Waals surface area contributed by atoms with Gasteiger partial charge in [0, 0.05) is 13.0 Å². The summed E-state index contributed by atoms with van der Waals surface area (Å²) in [6.45, 7) is 11.8. The van der Waals surface area contributed by atoms with Crippen LogP contribution in [0.25, 0.3) is 11.1 Å². The van der Waals surface area contributed by atoms with E-state index in [1.54, 1.807) is 0 Å². The molecule has 0 saturated carbocycles. The fourth-order valence-electron chi connectivity index (χ4n) is 1.67. The van der Waals surface area contributed by atoms with E-state index in [9.17, 15) is 0 Å². The van der Waals surface area contributed by atoms with Gasteiger partial charge in [-0.05, 0) is 43.5 Å². The van der Waals surface area contributed by atoms with Crippen molar-refractivity contribution in [2.75, 3.05) is 6.61 Å². The highest BCUT2D eigenvalue weighted by atomic mass is 16.5. The van der Waals surface area contributed by atoms with Crippen molar-refractivity contribution in [3.05, 3.63) is 60.0 Å². The molecule has 3 heteroatoms. The highest BCUT2D eigenvalue weighted by Gasteiger charge is 2.03. The first-order valence-electron chi connectivity index (χ1n) is 7.91. The Bertz CT molecular complexity index is 773. The van der Waals surface area contributed by atoms with Crippen LogP contribution in [0.15, 0.2) is 58.6 Å². The van der Waals surface area contributed by atoms with Crippen molar-refractivity contribution in [1.29, 1.82) is 0 Å². The molecule has 0 radical (unpaired) electrons. The van der Waals surface area contributed by atoms with E-state index in [0.29, 0.717) is 12.5 Å². The summed E-state index contributed by atoms with van der Waals surface area (Å²) in [6.07, 6.45) is 12.1. The number of allylic oxidation sites excluding steroid dienone is 4. The van der Waals surface area contributed by atoms with Gasteiger partial charge in [0.2, 0.25) is 0 Å².